The molecule has 7 aromatic rings. The summed E-state index contributed by atoms with van der Waals surface area (Å²) in [5, 5.41) is 39.2. The molecule has 0 radical (unpaired) electrons. The van der Waals surface area contributed by atoms with Gasteiger partial charge in [0.15, 0.2) is 0 Å². The van der Waals surface area contributed by atoms with Crippen LogP contribution in [-0.4, -0.2) is 58.3 Å². The van der Waals surface area contributed by atoms with Crippen LogP contribution in [0.25, 0.3) is 90.9 Å². The first-order valence-corrected chi connectivity index (χ1v) is 18.1. The van der Waals surface area contributed by atoms with Crippen LogP contribution in [0.3, 0.4) is 0 Å². The van der Waals surface area contributed by atoms with Gasteiger partial charge in [-0.2, -0.15) is 0 Å². The summed E-state index contributed by atoms with van der Waals surface area (Å²) in [4.78, 5) is 53.0. The maximum absolute atomic E-state index is 11.8. The molecule has 0 fully saturated rings. The number of phenols is 1. The monoisotopic (exact) mass is 762 g/mol. The number of nitrogens with zero attached hydrogens (tertiary/aromatic N) is 2. The number of carbonyl (C=O) groups is 3. The number of benzene rings is 4. The Kier molecular flexibility index (Phi) is 8.59. The van der Waals surface area contributed by atoms with E-state index >= 15 is 0 Å². The van der Waals surface area contributed by atoms with Gasteiger partial charge in [-0.05, 0) is 119 Å². The van der Waals surface area contributed by atoms with Gasteiger partial charge in [0, 0.05) is 44.3 Å². The Bertz CT molecular complexity index is 3010. The molecule has 9 rings (SSSR count). The third-order valence-corrected chi connectivity index (χ3v) is 10.2. The van der Waals surface area contributed by atoms with E-state index in [1.165, 1.54) is 0 Å². The molecule has 3 aromatic heterocycles. The van der Waals surface area contributed by atoms with Crippen LogP contribution in [0.2, 0.25) is 0 Å². The molecule has 280 valence electrons. The lowest BCUT2D eigenvalue weighted by Gasteiger charge is -2.07. The highest BCUT2D eigenvalue weighted by atomic mass is 16.4. The van der Waals surface area contributed by atoms with Crippen molar-refractivity contribution in [1.29, 1.82) is 0 Å². The molecular formula is C47H30N4O7. The Balaban J connectivity index is 1.44. The van der Waals surface area contributed by atoms with Crippen molar-refractivity contribution in [3.63, 3.8) is 0 Å². The molecule has 0 spiro atoms. The molecule has 8 bridgehead atoms. The summed E-state index contributed by atoms with van der Waals surface area (Å²) < 4.78 is 0. The van der Waals surface area contributed by atoms with E-state index in [0.717, 1.165) is 11.1 Å². The second kappa shape index (κ2) is 14.1. The highest BCUT2D eigenvalue weighted by Crippen LogP contribution is 2.39. The van der Waals surface area contributed by atoms with Crippen LogP contribution in [0, 0.1) is 0 Å². The number of aromatic nitrogens is 4. The Morgan fingerprint density at radius 2 is 0.603 bits per heavy atom. The van der Waals surface area contributed by atoms with E-state index in [2.05, 4.69) is 9.97 Å². The average Bonchev–Trinajstić information content (AvgIpc) is 4.07. The quantitative estimate of drug-likeness (QED) is 0.0918. The summed E-state index contributed by atoms with van der Waals surface area (Å²) in [7, 11) is 0. The summed E-state index contributed by atoms with van der Waals surface area (Å²) in [5.41, 5.74) is 11.3. The molecule has 0 atom stereocenters. The van der Waals surface area contributed by atoms with Crippen molar-refractivity contribution in [2.75, 3.05) is 0 Å². The molecule has 5 heterocycles. The zero-order valence-corrected chi connectivity index (χ0v) is 30.3. The molecule has 11 nitrogen and oxygen atoms in total. The standard InChI is InChI=1S/C47H30N4O7/c52-32-15-13-28(14-16-32)44-39-23-21-37(50-39)42(26-3-9-30(10-4-26)46(55)56)35-19-17-33(48-35)41(25-1-7-29(8-2-25)45(53)54)34-18-20-36(49-34)43(38-22-24-40(44)51-38)27-5-11-31(12-6-27)47(57)58/h1-24,48,51-52H,(H,53,54)(H,55,56)(H,57,58). The van der Waals surface area contributed by atoms with Gasteiger partial charge >= 0.3 is 17.9 Å². The van der Waals surface area contributed by atoms with Crippen LogP contribution in [0.15, 0.2) is 121 Å². The van der Waals surface area contributed by atoms with Crippen LogP contribution in [0.1, 0.15) is 53.8 Å². The van der Waals surface area contributed by atoms with E-state index in [-0.39, 0.29) is 22.4 Å². The highest BCUT2D eigenvalue weighted by Gasteiger charge is 2.20. The van der Waals surface area contributed by atoms with E-state index in [9.17, 15) is 34.8 Å². The van der Waals surface area contributed by atoms with Crippen molar-refractivity contribution < 1.29 is 34.8 Å². The van der Waals surface area contributed by atoms with Gasteiger partial charge in [-0.1, -0.05) is 48.5 Å². The number of phenolic OH excluding ortho intramolecular Hbond substituents is 1. The maximum atomic E-state index is 11.8. The molecule has 6 N–H and O–H groups in total. The molecule has 0 saturated heterocycles. The summed E-state index contributed by atoms with van der Waals surface area (Å²) in [6.45, 7) is 0. The van der Waals surface area contributed by atoms with Crippen molar-refractivity contribution in [2.24, 2.45) is 0 Å². The Morgan fingerprint density at radius 3 is 0.845 bits per heavy atom. The van der Waals surface area contributed by atoms with Crippen molar-refractivity contribution in [3.8, 4) is 50.3 Å². The third-order valence-electron chi connectivity index (χ3n) is 10.2. The van der Waals surface area contributed by atoms with Gasteiger partial charge in [0.05, 0.1) is 39.5 Å². The number of hydrogen-bond acceptors (Lipinski definition) is 6. The van der Waals surface area contributed by atoms with Crippen LogP contribution in [0.4, 0.5) is 0 Å². The molecule has 0 saturated carbocycles. The Hall–Kier alpha value is -8.31. The highest BCUT2D eigenvalue weighted by molar-refractivity contribution is 6.01. The number of aromatic amines is 2. The van der Waals surface area contributed by atoms with Crippen molar-refractivity contribution in [1.82, 2.24) is 19.9 Å². The SMILES string of the molecule is O=C(O)c1ccc(-c2c3nc(c(-c4ccc(C(=O)O)cc4)c4ccc([nH]4)c(-c4ccc(C(=O)O)cc4)c4nc(c(-c5ccc(O)cc5)c5ccc2[nH]5)C=C4)C=C3)cc1. The second-order valence-corrected chi connectivity index (χ2v) is 13.7. The fourth-order valence-electron chi connectivity index (χ4n) is 7.39. The zero-order chi connectivity index (χ0) is 40.1. The van der Waals surface area contributed by atoms with Crippen LogP contribution in [0.5, 0.6) is 5.75 Å². The van der Waals surface area contributed by atoms with Gasteiger partial charge in [0.25, 0.3) is 0 Å². The number of carboxylic acid groups (broad SMARTS) is 3. The van der Waals surface area contributed by atoms with Gasteiger partial charge in [0.1, 0.15) is 5.75 Å². The lowest BCUT2D eigenvalue weighted by molar-refractivity contribution is 0.0686. The molecule has 0 amide bonds. The number of aromatic hydroxyl groups is 1. The first kappa shape index (κ1) is 35.4. The summed E-state index contributed by atoms with van der Waals surface area (Å²) in [6, 6.07) is 34.3. The molecule has 2 aliphatic rings. The third kappa shape index (κ3) is 6.38. The number of aromatic carboxylic acids is 3. The molecular weight excluding hydrogens is 733 g/mol. The van der Waals surface area contributed by atoms with Crippen LogP contribution < -0.4 is 0 Å². The minimum atomic E-state index is -1.05. The molecule has 0 aliphatic carbocycles. The smallest absolute Gasteiger partial charge is 0.335 e. The minimum Gasteiger partial charge on any atom is -0.508 e. The first-order valence-electron chi connectivity index (χ1n) is 18.1. The molecule has 0 unspecified atom stereocenters. The molecule has 11 heteroatoms. The number of H-pyrrole nitrogens is 2. The summed E-state index contributed by atoms with van der Waals surface area (Å²) in [6.07, 6.45) is 7.59. The zero-order valence-electron chi connectivity index (χ0n) is 30.3. The Labute approximate surface area is 329 Å². The van der Waals surface area contributed by atoms with Gasteiger partial charge in [-0.15, -0.1) is 0 Å². The maximum Gasteiger partial charge on any atom is 0.335 e. The summed E-state index contributed by atoms with van der Waals surface area (Å²) >= 11 is 0. The number of rotatable bonds is 7. The van der Waals surface area contributed by atoms with Crippen molar-refractivity contribution in [3.05, 3.63) is 161 Å². The predicted molar refractivity (Wildman–Crippen MR) is 223 cm³/mol. The van der Waals surface area contributed by atoms with Crippen molar-refractivity contribution in [2.45, 2.75) is 0 Å². The first-order chi connectivity index (χ1) is 28.1. The van der Waals surface area contributed by atoms with E-state index in [1.54, 1.807) is 84.9 Å². The normalized spacial score (nSPS) is 11.8. The van der Waals surface area contributed by atoms with E-state index in [1.807, 2.05) is 60.7 Å². The topological polar surface area (TPSA) is 189 Å². The number of hydrogen-bond donors (Lipinski definition) is 6. The number of carboxylic acids is 3. The molecule has 4 aromatic carbocycles. The van der Waals surface area contributed by atoms with Gasteiger partial charge in [-0.25, -0.2) is 24.4 Å². The van der Waals surface area contributed by atoms with Crippen LogP contribution >= 0.6 is 0 Å². The fourth-order valence-corrected chi connectivity index (χ4v) is 7.39. The predicted octanol–water partition coefficient (Wildman–Crippen LogP) is 10.1. The van der Waals surface area contributed by atoms with Crippen molar-refractivity contribution >= 4 is 64.3 Å². The molecule has 58 heavy (non-hydrogen) atoms. The largest absolute Gasteiger partial charge is 0.508 e. The van der Waals surface area contributed by atoms with E-state index in [4.69, 9.17) is 9.97 Å². The van der Waals surface area contributed by atoms with Gasteiger partial charge in [0.2, 0.25) is 0 Å². The fraction of sp³-hybridized carbons (Fsp3) is 0. The van der Waals surface area contributed by atoms with Crippen LogP contribution in [-0.2, 0) is 0 Å². The lowest BCUT2D eigenvalue weighted by Crippen LogP contribution is -1.96. The number of fused-ring (bicyclic) bond motifs is 8. The Morgan fingerprint density at radius 1 is 0.362 bits per heavy atom. The van der Waals surface area contributed by atoms with Gasteiger partial charge < -0.3 is 30.4 Å². The number of nitrogens with one attached hydrogen (secondary N) is 2. The average molecular weight is 763 g/mol. The second-order valence-electron chi connectivity index (χ2n) is 13.7. The van der Waals surface area contributed by atoms with E-state index in [0.29, 0.717) is 78.2 Å². The lowest BCUT2D eigenvalue weighted by atomic mass is 10.0. The molecule has 2 aliphatic heterocycles. The van der Waals surface area contributed by atoms with E-state index < -0.39 is 17.9 Å². The summed E-state index contributed by atoms with van der Waals surface area (Å²) in [5.74, 6) is -3.03. The van der Waals surface area contributed by atoms with Gasteiger partial charge in [-0.3, -0.25) is 0 Å². The minimum absolute atomic E-state index is 0.108.